The van der Waals surface area contributed by atoms with Crippen LogP contribution in [0.2, 0.25) is 0 Å². The number of aliphatic hydroxyl groups excluding tert-OH is 3. The molecule has 2 saturated heterocycles. The highest BCUT2D eigenvalue weighted by Crippen LogP contribution is 2.54. The lowest BCUT2D eigenvalue weighted by atomic mass is 9.53. The van der Waals surface area contributed by atoms with Crippen molar-refractivity contribution in [2.75, 3.05) is 6.54 Å². The molecule has 3 fully saturated rings. The first-order valence-electron chi connectivity index (χ1n) is 12.1. The van der Waals surface area contributed by atoms with E-state index in [1.165, 1.54) is 0 Å². The van der Waals surface area contributed by atoms with Gasteiger partial charge in [-0.15, -0.1) is 0 Å². The van der Waals surface area contributed by atoms with Gasteiger partial charge in [0.1, 0.15) is 24.1 Å². The highest BCUT2D eigenvalue weighted by atomic mass is 16.7. The second kappa shape index (κ2) is 7.46. The summed E-state index contributed by atoms with van der Waals surface area (Å²) in [6, 6.07) is -0.223. The summed E-state index contributed by atoms with van der Waals surface area (Å²) in [7, 11) is 0. The molecule has 164 valence electrons. The van der Waals surface area contributed by atoms with Crippen molar-refractivity contribution in [1.82, 2.24) is 5.32 Å². The van der Waals surface area contributed by atoms with Gasteiger partial charge in [0.2, 0.25) is 6.29 Å². The van der Waals surface area contributed by atoms with Crippen LogP contribution in [0.1, 0.15) is 47.3 Å². The smallest absolute Gasteiger partial charge is 0.335 e. The van der Waals surface area contributed by atoms with Crippen LogP contribution in [0.4, 0.5) is 0 Å². The number of ether oxygens (including phenoxy) is 2. The van der Waals surface area contributed by atoms with E-state index < -0.39 is 36.7 Å². The van der Waals surface area contributed by atoms with E-state index in [1.807, 2.05) is 0 Å². The molecule has 0 amide bonds. The van der Waals surface area contributed by atoms with Crippen LogP contribution in [-0.2, 0) is 21.4 Å². The zero-order valence-electron chi connectivity index (χ0n) is 19.5. The van der Waals surface area contributed by atoms with E-state index in [0.717, 1.165) is 44.2 Å². The van der Waals surface area contributed by atoms with Crippen LogP contribution in [0.15, 0.2) is 18.1 Å². The number of hydrogen-bond acceptors (Lipinski definition) is 7. The number of fused-ring (bicyclic) bond motifs is 1. The minimum Gasteiger partial charge on any atom is -0.479 e. The summed E-state index contributed by atoms with van der Waals surface area (Å²) in [4.78, 5) is 11.4. The molecule has 2 aliphatic heterocycles. The first kappa shape index (κ1) is 16.9. The fourth-order valence-corrected chi connectivity index (χ4v) is 5.97. The van der Waals surface area contributed by atoms with E-state index in [2.05, 4.69) is 5.32 Å². The lowest BCUT2D eigenvalue weighted by molar-refractivity contribution is -0.271. The Morgan fingerprint density at radius 3 is 2.83 bits per heavy atom. The number of carboxylic acids is 1. The van der Waals surface area contributed by atoms with Gasteiger partial charge in [0.15, 0.2) is 6.10 Å². The lowest BCUT2D eigenvalue weighted by Gasteiger charge is -2.56. The summed E-state index contributed by atoms with van der Waals surface area (Å²) in [6.45, 7) is 0.807. The number of aliphatic carboxylic acids is 1. The van der Waals surface area contributed by atoms with Gasteiger partial charge in [-0.1, -0.05) is 18.9 Å². The van der Waals surface area contributed by atoms with E-state index in [1.54, 1.807) is 0 Å². The van der Waals surface area contributed by atoms with Crippen LogP contribution in [0.3, 0.4) is 0 Å². The minimum atomic E-state index is -1.87. The number of benzene rings is 1. The van der Waals surface area contributed by atoms with Crippen molar-refractivity contribution in [2.24, 2.45) is 5.92 Å². The first-order valence-corrected chi connectivity index (χ1v) is 10.6. The van der Waals surface area contributed by atoms with Crippen LogP contribution >= 0.6 is 0 Å². The average molecular weight is 422 g/mol. The zero-order chi connectivity index (χ0) is 23.7. The van der Waals surface area contributed by atoms with E-state index >= 15 is 0 Å². The van der Waals surface area contributed by atoms with Gasteiger partial charge < -0.3 is 35.2 Å². The summed E-state index contributed by atoms with van der Waals surface area (Å²) < 4.78 is 37.1. The minimum absolute atomic E-state index is 0.0402. The fourth-order valence-electron chi connectivity index (χ4n) is 5.97. The highest BCUT2D eigenvalue weighted by Gasteiger charge is 2.52. The van der Waals surface area contributed by atoms with E-state index in [9.17, 15) is 25.2 Å². The molecule has 1 aromatic rings. The maximum Gasteiger partial charge on any atom is 0.335 e. The van der Waals surface area contributed by atoms with Crippen LogP contribution in [-0.4, -0.2) is 69.7 Å². The molecule has 8 atom stereocenters. The molecule has 0 spiro atoms. The third-order valence-corrected chi connectivity index (χ3v) is 7.40. The monoisotopic (exact) mass is 422 g/mol. The molecule has 0 radical (unpaired) electrons. The molecule has 4 aliphatic rings. The molecule has 8 nitrogen and oxygen atoms in total. The molecule has 8 heteroatoms. The predicted molar refractivity (Wildman–Crippen MR) is 105 cm³/mol. The summed E-state index contributed by atoms with van der Waals surface area (Å²) in [5.74, 6) is -1.49. The Morgan fingerprint density at radius 2 is 2.03 bits per heavy atom. The van der Waals surface area contributed by atoms with Gasteiger partial charge in [-0.25, -0.2) is 4.79 Å². The molecule has 1 aromatic carbocycles. The first-order chi connectivity index (χ1) is 15.7. The number of carboxylic acid groups (broad SMARTS) is 1. The molecular weight excluding hydrogens is 390 g/mol. The quantitative estimate of drug-likeness (QED) is 0.471. The zero-order valence-corrected chi connectivity index (χ0v) is 16.5. The van der Waals surface area contributed by atoms with E-state index in [-0.39, 0.29) is 35.3 Å². The maximum absolute atomic E-state index is 11.4. The Bertz CT molecular complexity index is 974. The van der Waals surface area contributed by atoms with Gasteiger partial charge in [-0.05, 0) is 61.4 Å². The molecule has 5 N–H and O–H groups in total. The fraction of sp³-hybridized carbons (Fsp3) is 0.682. The average Bonchev–Trinajstić information content (AvgIpc) is 2.79. The largest absolute Gasteiger partial charge is 0.479 e. The Labute approximate surface area is 179 Å². The molecule has 2 heterocycles. The maximum atomic E-state index is 11.4. The second-order valence-corrected chi connectivity index (χ2v) is 8.93. The summed E-state index contributed by atoms with van der Waals surface area (Å²) in [6.07, 6.45) is -3.68. The second-order valence-electron chi connectivity index (χ2n) is 8.93. The van der Waals surface area contributed by atoms with Crippen molar-refractivity contribution in [2.45, 2.75) is 80.7 Å². The van der Waals surface area contributed by atoms with Crippen molar-refractivity contribution in [3.63, 3.8) is 0 Å². The number of hydrogen-bond donors (Lipinski definition) is 5. The van der Waals surface area contributed by atoms with Gasteiger partial charge in [0, 0.05) is 11.5 Å². The third-order valence-electron chi connectivity index (χ3n) is 7.40. The van der Waals surface area contributed by atoms with Crippen LogP contribution in [0.25, 0.3) is 0 Å². The standard InChI is InChI=1S/C22H29NO7/c24-16-17(25)19(20(27)28)30-21(18(16)26)29-12-5-4-11-9-15-13-3-1-2-6-22(13,7-8-23-15)14(11)10-12/h4-5,10,13,15-19,21,23-26H,1-3,6-9H2,(H,27,28)/t13?,15?,16-,17-,18+,19-,21+,22?/m0/s1/i4D,5D,10D. The molecule has 5 rings (SSSR count). The van der Waals surface area contributed by atoms with Crippen molar-refractivity contribution in [3.8, 4) is 5.75 Å². The SMILES string of the molecule is [2H]c1c([2H])c(O[C@@H]2O[C@H](C(=O)O)[C@@H](O)[C@H](O)[C@H]2O)c([2H])c2c1CC1NCCC23CCCCC13. The number of aliphatic hydroxyl groups is 3. The lowest BCUT2D eigenvalue weighted by Crippen LogP contribution is -2.61. The van der Waals surface area contributed by atoms with Gasteiger partial charge in [-0.2, -0.15) is 0 Å². The van der Waals surface area contributed by atoms with Gasteiger partial charge in [0.05, 0.1) is 4.11 Å². The topological polar surface area (TPSA) is 128 Å². The third kappa shape index (κ3) is 3.05. The van der Waals surface area contributed by atoms with Crippen molar-refractivity contribution >= 4 is 5.97 Å². The number of rotatable bonds is 3. The molecule has 1 saturated carbocycles. The van der Waals surface area contributed by atoms with E-state index in [4.69, 9.17) is 13.6 Å². The summed E-state index contributed by atoms with van der Waals surface area (Å²) in [5, 5.41) is 43.2. The van der Waals surface area contributed by atoms with Gasteiger partial charge in [-0.3, -0.25) is 0 Å². The Balaban J connectivity index is 1.58. The van der Waals surface area contributed by atoms with Crippen molar-refractivity contribution in [1.29, 1.82) is 0 Å². The number of carbonyl (C=O) groups is 1. The van der Waals surface area contributed by atoms with Gasteiger partial charge >= 0.3 is 5.97 Å². The number of piperidine rings is 1. The van der Waals surface area contributed by atoms with Crippen LogP contribution in [0, 0.1) is 5.92 Å². The molecule has 0 aromatic heterocycles. The Morgan fingerprint density at radius 1 is 1.20 bits per heavy atom. The number of nitrogens with one attached hydrogen (secondary N) is 1. The molecule has 2 bridgehead atoms. The summed E-state index contributed by atoms with van der Waals surface area (Å²) >= 11 is 0. The molecule has 30 heavy (non-hydrogen) atoms. The molecule has 3 unspecified atom stereocenters. The highest BCUT2D eigenvalue weighted by molar-refractivity contribution is 5.73. The Kier molecular flexibility index (Phi) is 4.21. The van der Waals surface area contributed by atoms with Crippen LogP contribution in [0.5, 0.6) is 5.75 Å². The molecular formula is C22H29NO7. The molecule has 2 aliphatic carbocycles. The van der Waals surface area contributed by atoms with Crippen molar-refractivity contribution in [3.05, 3.63) is 29.3 Å². The van der Waals surface area contributed by atoms with Crippen LogP contribution < -0.4 is 10.1 Å². The summed E-state index contributed by atoms with van der Waals surface area (Å²) in [5.41, 5.74) is 1.12. The normalized spacial score (nSPS) is 44.1. The van der Waals surface area contributed by atoms with E-state index in [0.29, 0.717) is 17.9 Å². The van der Waals surface area contributed by atoms with Crippen molar-refractivity contribution < 1.29 is 38.8 Å². The van der Waals surface area contributed by atoms with Gasteiger partial charge in [0.25, 0.3) is 0 Å². The Hall–Kier alpha value is -1.71. The predicted octanol–water partition coefficient (Wildman–Crippen LogP) is 0.304.